The minimum Gasteiger partial charge on any atom is -0.303 e. The smallest absolute Gasteiger partial charge is 0.229 e. The predicted molar refractivity (Wildman–Crippen MR) is 67.9 cm³/mol. The summed E-state index contributed by atoms with van der Waals surface area (Å²) in [4.78, 5) is 33.3. The molecule has 1 aliphatic carbocycles. The van der Waals surface area contributed by atoms with Gasteiger partial charge in [-0.15, -0.1) is 0 Å². The SMILES string of the molecule is CN(C)C1CCN2CC=NC13C(=O)C(=O)CCC23. The van der Waals surface area contributed by atoms with Crippen LogP contribution >= 0.6 is 0 Å². The zero-order valence-electron chi connectivity index (χ0n) is 10.9. The van der Waals surface area contributed by atoms with Crippen molar-refractivity contribution in [2.24, 2.45) is 4.99 Å². The van der Waals surface area contributed by atoms with Crippen LogP contribution in [0.4, 0.5) is 0 Å². The number of ketones is 2. The second-order valence-electron chi connectivity index (χ2n) is 5.71. The van der Waals surface area contributed by atoms with Crippen LogP contribution < -0.4 is 0 Å². The van der Waals surface area contributed by atoms with E-state index < -0.39 is 5.54 Å². The van der Waals surface area contributed by atoms with Crippen molar-refractivity contribution in [2.45, 2.75) is 36.9 Å². The van der Waals surface area contributed by atoms with E-state index in [4.69, 9.17) is 0 Å². The normalized spacial score (nSPS) is 43.2. The lowest BCUT2D eigenvalue weighted by Gasteiger charge is -2.56. The molecule has 0 spiro atoms. The predicted octanol–water partition coefficient (Wildman–Crippen LogP) is -0.254. The van der Waals surface area contributed by atoms with Crippen LogP contribution in [0, 0.1) is 0 Å². The van der Waals surface area contributed by atoms with Crippen molar-refractivity contribution in [3.63, 3.8) is 0 Å². The van der Waals surface area contributed by atoms with Gasteiger partial charge in [-0.05, 0) is 26.9 Å². The third-order valence-corrected chi connectivity index (χ3v) is 4.65. The van der Waals surface area contributed by atoms with E-state index in [0.29, 0.717) is 6.42 Å². The summed E-state index contributed by atoms with van der Waals surface area (Å²) in [7, 11) is 3.95. The van der Waals surface area contributed by atoms with Crippen LogP contribution in [0.25, 0.3) is 0 Å². The van der Waals surface area contributed by atoms with Crippen LogP contribution in [0.15, 0.2) is 4.99 Å². The Bertz CT molecular complexity index is 432. The quantitative estimate of drug-likeness (QED) is 0.601. The van der Waals surface area contributed by atoms with E-state index in [9.17, 15) is 9.59 Å². The van der Waals surface area contributed by atoms with E-state index in [1.807, 2.05) is 20.3 Å². The summed E-state index contributed by atoms with van der Waals surface area (Å²) < 4.78 is 0. The van der Waals surface area contributed by atoms with Gasteiger partial charge in [0.2, 0.25) is 11.6 Å². The van der Waals surface area contributed by atoms with Gasteiger partial charge < -0.3 is 4.90 Å². The minimum atomic E-state index is -0.824. The Morgan fingerprint density at radius 2 is 2.17 bits per heavy atom. The van der Waals surface area contributed by atoms with Crippen LogP contribution in [0.5, 0.6) is 0 Å². The Hall–Kier alpha value is -1.07. The standard InChI is InChI=1S/C13H19N3O2/c1-15(2)10-5-7-16-8-6-14-13(10)11(16)4-3-9(17)12(13)18/h6,10-11H,3-5,7-8H2,1-2H3. The molecule has 2 aliphatic heterocycles. The summed E-state index contributed by atoms with van der Waals surface area (Å²) >= 11 is 0. The van der Waals surface area contributed by atoms with E-state index in [1.54, 1.807) is 0 Å². The van der Waals surface area contributed by atoms with E-state index in [2.05, 4.69) is 14.8 Å². The molecular weight excluding hydrogens is 230 g/mol. The summed E-state index contributed by atoms with van der Waals surface area (Å²) in [5.41, 5.74) is -0.824. The largest absolute Gasteiger partial charge is 0.303 e. The second kappa shape index (κ2) is 3.96. The molecule has 2 fully saturated rings. The molecule has 0 aromatic carbocycles. The monoisotopic (exact) mass is 249 g/mol. The average Bonchev–Trinajstić information content (AvgIpc) is 2.33. The first-order valence-corrected chi connectivity index (χ1v) is 6.59. The first-order valence-electron chi connectivity index (χ1n) is 6.59. The Labute approximate surface area is 107 Å². The number of hydrogen-bond acceptors (Lipinski definition) is 5. The molecule has 0 aromatic heterocycles. The van der Waals surface area contributed by atoms with Crippen molar-refractivity contribution >= 4 is 17.8 Å². The number of hydrogen-bond donors (Lipinski definition) is 0. The van der Waals surface area contributed by atoms with Gasteiger partial charge in [0.1, 0.15) is 0 Å². The first kappa shape index (κ1) is 12.0. The number of piperidine rings is 1. The molecule has 1 saturated carbocycles. The van der Waals surface area contributed by atoms with Gasteiger partial charge in [-0.1, -0.05) is 0 Å². The van der Waals surface area contributed by atoms with Gasteiger partial charge in [0, 0.05) is 37.8 Å². The first-order chi connectivity index (χ1) is 8.57. The minimum absolute atomic E-state index is 0.0482. The van der Waals surface area contributed by atoms with Crippen LogP contribution in [-0.4, -0.2) is 72.4 Å². The van der Waals surface area contributed by atoms with Crippen molar-refractivity contribution in [3.05, 3.63) is 0 Å². The fraction of sp³-hybridized carbons (Fsp3) is 0.769. The summed E-state index contributed by atoms with van der Waals surface area (Å²) in [5, 5.41) is 0. The Kier molecular flexibility index (Phi) is 2.64. The average molecular weight is 249 g/mol. The molecule has 2 heterocycles. The van der Waals surface area contributed by atoms with E-state index in [-0.39, 0.29) is 23.7 Å². The van der Waals surface area contributed by atoms with Gasteiger partial charge in [-0.3, -0.25) is 19.5 Å². The number of rotatable bonds is 1. The van der Waals surface area contributed by atoms with E-state index >= 15 is 0 Å². The van der Waals surface area contributed by atoms with Crippen LogP contribution in [0.3, 0.4) is 0 Å². The van der Waals surface area contributed by atoms with Crippen LogP contribution in [-0.2, 0) is 9.59 Å². The molecule has 0 radical (unpaired) electrons. The molecular formula is C13H19N3O2. The maximum Gasteiger partial charge on any atom is 0.229 e. The van der Waals surface area contributed by atoms with Gasteiger partial charge in [0.25, 0.3) is 0 Å². The molecule has 4 unspecified atom stereocenters. The van der Waals surface area contributed by atoms with Crippen molar-refractivity contribution in [1.29, 1.82) is 0 Å². The summed E-state index contributed by atoms with van der Waals surface area (Å²) in [6.45, 7) is 1.80. The van der Waals surface area contributed by atoms with E-state index in [0.717, 1.165) is 25.9 Å². The van der Waals surface area contributed by atoms with Gasteiger partial charge in [-0.25, -0.2) is 0 Å². The van der Waals surface area contributed by atoms with Crippen LogP contribution in [0.2, 0.25) is 0 Å². The number of Topliss-reactive ketones (excluding diaryl/α,β-unsaturated/α-hetero) is 2. The summed E-state index contributed by atoms with van der Waals surface area (Å²) in [6.07, 6.45) is 3.88. The zero-order valence-corrected chi connectivity index (χ0v) is 10.9. The van der Waals surface area contributed by atoms with E-state index in [1.165, 1.54) is 0 Å². The van der Waals surface area contributed by atoms with Crippen molar-refractivity contribution in [2.75, 3.05) is 27.2 Å². The highest BCUT2D eigenvalue weighted by atomic mass is 16.2. The fourth-order valence-electron chi connectivity index (χ4n) is 3.87. The van der Waals surface area contributed by atoms with Gasteiger partial charge >= 0.3 is 0 Å². The maximum atomic E-state index is 12.5. The number of likely N-dealkylation sites (N-methyl/N-ethyl adjacent to an activating group) is 1. The van der Waals surface area contributed by atoms with Crippen molar-refractivity contribution < 1.29 is 9.59 Å². The Morgan fingerprint density at radius 1 is 1.39 bits per heavy atom. The molecule has 3 aliphatic rings. The molecule has 5 heteroatoms. The number of carbonyl (C=O) groups excluding carboxylic acids is 2. The Balaban J connectivity index is 2.12. The third kappa shape index (κ3) is 1.37. The molecule has 1 saturated heterocycles. The lowest BCUT2D eigenvalue weighted by atomic mass is 9.66. The number of aliphatic imine (C=N–C) groups is 1. The molecule has 3 rings (SSSR count). The highest BCUT2D eigenvalue weighted by Crippen LogP contribution is 2.41. The second-order valence-corrected chi connectivity index (χ2v) is 5.71. The number of nitrogens with zero attached hydrogens (tertiary/aromatic N) is 3. The van der Waals surface area contributed by atoms with Crippen LogP contribution in [0.1, 0.15) is 19.3 Å². The van der Waals surface area contributed by atoms with Gasteiger partial charge in [-0.2, -0.15) is 0 Å². The molecule has 0 aromatic rings. The molecule has 5 nitrogen and oxygen atoms in total. The highest BCUT2D eigenvalue weighted by Gasteiger charge is 2.61. The van der Waals surface area contributed by atoms with Crippen molar-refractivity contribution in [3.8, 4) is 0 Å². The maximum absolute atomic E-state index is 12.5. The lowest BCUT2D eigenvalue weighted by molar-refractivity contribution is -0.149. The topological polar surface area (TPSA) is 53.0 Å². The molecule has 4 atom stereocenters. The molecule has 98 valence electrons. The summed E-state index contributed by atoms with van der Waals surface area (Å²) in [6, 6.07) is 0.167. The lowest BCUT2D eigenvalue weighted by Crippen LogP contribution is -2.74. The van der Waals surface area contributed by atoms with Crippen molar-refractivity contribution in [1.82, 2.24) is 9.80 Å². The fourth-order valence-corrected chi connectivity index (χ4v) is 3.87. The summed E-state index contributed by atoms with van der Waals surface area (Å²) in [5.74, 6) is -0.503. The zero-order chi connectivity index (χ0) is 12.9. The number of carbonyl (C=O) groups is 2. The molecule has 18 heavy (non-hydrogen) atoms. The van der Waals surface area contributed by atoms with Gasteiger partial charge in [0.05, 0.1) is 0 Å². The highest BCUT2D eigenvalue weighted by molar-refractivity contribution is 6.42. The molecule has 0 amide bonds. The van der Waals surface area contributed by atoms with Gasteiger partial charge in [0.15, 0.2) is 5.54 Å². The Morgan fingerprint density at radius 3 is 2.89 bits per heavy atom. The molecule has 2 bridgehead atoms. The third-order valence-electron chi connectivity index (χ3n) is 4.65. The molecule has 0 N–H and O–H groups in total.